The minimum absolute atomic E-state index is 0.0359. The van der Waals surface area contributed by atoms with E-state index >= 15 is 0 Å². The lowest BCUT2D eigenvalue weighted by molar-refractivity contribution is -0.142. The highest BCUT2D eigenvalue weighted by Crippen LogP contribution is 2.15. The lowest BCUT2D eigenvalue weighted by atomic mass is 10.5. The van der Waals surface area contributed by atoms with Crippen molar-refractivity contribution in [3.63, 3.8) is 0 Å². The molecule has 0 amide bonds. The van der Waals surface area contributed by atoms with E-state index in [0.29, 0.717) is 6.42 Å². The van der Waals surface area contributed by atoms with Crippen molar-refractivity contribution in [3.8, 4) is 0 Å². The lowest BCUT2D eigenvalue weighted by Crippen LogP contribution is -2.14. The summed E-state index contributed by atoms with van der Waals surface area (Å²) < 4.78 is 4.81. The summed E-state index contributed by atoms with van der Waals surface area (Å²) in [6, 6.07) is 0. The van der Waals surface area contributed by atoms with Crippen molar-refractivity contribution >= 4 is 23.7 Å². The zero-order valence-electron chi connectivity index (χ0n) is 7.07. The van der Waals surface area contributed by atoms with Crippen LogP contribution in [0.25, 0.3) is 0 Å². The van der Waals surface area contributed by atoms with Crippen LogP contribution in [0.5, 0.6) is 0 Å². The molecule has 0 radical (unpaired) electrons. The van der Waals surface area contributed by atoms with Crippen LogP contribution in [0.15, 0.2) is 0 Å². The number of esters is 1. The van der Waals surface area contributed by atoms with E-state index in [4.69, 9.17) is 9.84 Å². The fourth-order valence-electron chi connectivity index (χ4n) is 0.585. The highest BCUT2D eigenvalue weighted by atomic mass is 32.2. The summed E-state index contributed by atoms with van der Waals surface area (Å²) in [7, 11) is 0. The summed E-state index contributed by atoms with van der Waals surface area (Å²) in [5.74, 6) is -1.31. The first kappa shape index (κ1) is 11.3. The quantitative estimate of drug-likeness (QED) is 0.522. The Morgan fingerprint density at radius 3 is 2.50 bits per heavy atom. The molecule has 0 rings (SSSR count). The first-order valence-electron chi connectivity index (χ1n) is 3.56. The van der Waals surface area contributed by atoms with Gasteiger partial charge in [0.1, 0.15) is 5.44 Å². The van der Waals surface area contributed by atoms with Crippen molar-refractivity contribution in [2.24, 2.45) is 0 Å². The third-order valence-electron chi connectivity index (χ3n) is 1.02. The normalized spacial score (nSPS) is 12.2. The summed E-state index contributed by atoms with van der Waals surface area (Å²) in [6.45, 7) is 3.15. The number of carbonyl (C=O) groups is 2. The van der Waals surface area contributed by atoms with Crippen LogP contribution in [0.1, 0.15) is 20.3 Å². The average molecular weight is 192 g/mol. The molecule has 4 nitrogen and oxygen atoms in total. The molecule has 0 aliphatic carbocycles. The number of hydrogen-bond donors (Lipinski definition) is 1. The van der Waals surface area contributed by atoms with Crippen molar-refractivity contribution < 1.29 is 19.4 Å². The number of hydrogen-bond acceptors (Lipinski definition) is 4. The van der Waals surface area contributed by atoms with Gasteiger partial charge in [-0.15, -0.1) is 11.8 Å². The zero-order valence-corrected chi connectivity index (χ0v) is 7.89. The van der Waals surface area contributed by atoms with E-state index in [1.165, 1.54) is 6.92 Å². The second-order valence-corrected chi connectivity index (χ2v) is 3.30. The van der Waals surface area contributed by atoms with Gasteiger partial charge in [0, 0.05) is 6.92 Å². The summed E-state index contributed by atoms with van der Waals surface area (Å²) in [6.07, 6.45) is 0.623. The van der Waals surface area contributed by atoms with E-state index < -0.39 is 5.97 Å². The third kappa shape index (κ3) is 6.03. The van der Waals surface area contributed by atoms with Crippen molar-refractivity contribution in [1.82, 2.24) is 0 Å². The van der Waals surface area contributed by atoms with Gasteiger partial charge in [0.25, 0.3) is 0 Å². The number of aliphatic carboxylic acids is 1. The number of carboxylic acids is 1. The van der Waals surface area contributed by atoms with Gasteiger partial charge < -0.3 is 9.84 Å². The Morgan fingerprint density at radius 1 is 1.58 bits per heavy atom. The maximum absolute atomic E-state index is 10.5. The second-order valence-electron chi connectivity index (χ2n) is 2.15. The maximum atomic E-state index is 10.5. The van der Waals surface area contributed by atoms with Crippen LogP contribution in [-0.4, -0.2) is 28.2 Å². The number of carboxylic acid groups (broad SMARTS) is 1. The van der Waals surface area contributed by atoms with Crippen LogP contribution < -0.4 is 0 Å². The van der Waals surface area contributed by atoms with Crippen LogP contribution in [-0.2, 0) is 14.3 Å². The molecule has 1 N–H and O–H groups in total. The van der Waals surface area contributed by atoms with E-state index in [-0.39, 0.29) is 17.2 Å². The molecule has 0 heterocycles. The van der Waals surface area contributed by atoms with Crippen LogP contribution in [0.3, 0.4) is 0 Å². The van der Waals surface area contributed by atoms with Gasteiger partial charge in [0.2, 0.25) is 0 Å². The van der Waals surface area contributed by atoms with E-state index in [0.717, 1.165) is 11.8 Å². The van der Waals surface area contributed by atoms with Gasteiger partial charge in [-0.3, -0.25) is 9.59 Å². The Bertz CT molecular complexity index is 169. The summed E-state index contributed by atoms with van der Waals surface area (Å²) in [4.78, 5) is 20.6. The highest BCUT2D eigenvalue weighted by Gasteiger charge is 2.11. The maximum Gasteiger partial charge on any atom is 0.313 e. The van der Waals surface area contributed by atoms with Gasteiger partial charge in [0.05, 0.1) is 5.75 Å². The highest BCUT2D eigenvalue weighted by molar-refractivity contribution is 8.00. The van der Waals surface area contributed by atoms with Crippen LogP contribution >= 0.6 is 11.8 Å². The average Bonchev–Trinajstić information content (AvgIpc) is 1.97. The molecule has 0 aromatic carbocycles. The second kappa shape index (κ2) is 5.88. The Kier molecular flexibility index (Phi) is 5.53. The first-order valence-corrected chi connectivity index (χ1v) is 4.61. The van der Waals surface area contributed by atoms with Crippen LogP contribution in [0.4, 0.5) is 0 Å². The summed E-state index contributed by atoms with van der Waals surface area (Å²) >= 11 is 1.12. The monoisotopic (exact) mass is 192 g/mol. The molecule has 5 heteroatoms. The van der Waals surface area contributed by atoms with E-state index in [2.05, 4.69) is 0 Å². The molecular formula is C7H12O4S. The number of carbonyl (C=O) groups excluding carboxylic acids is 1. The fourth-order valence-corrected chi connectivity index (χ4v) is 1.35. The molecular weight excluding hydrogens is 180 g/mol. The topological polar surface area (TPSA) is 63.6 Å². The standard InChI is InChI=1S/C7H12O4S/c1-3-7(11-5(2)8)12-4-6(9)10/h7H,3-4H2,1-2H3,(H,9,10). The molecule has 0 saturated carbocycles. The molecule has 0 fully saturated rings. The smallest absolute Gasteiger partial charge is 0.313 e. The van der Waals surface area contributed by atoms with E-state index in [9.17, 15) is 9.59 Å². The predicted molar refractivity (Wildman–Crippen MR) is 45.9 cm³/mol. The summed E-state index contributed by atoms with van der Waals surface area (Å²) in [5.41, 5.74) is -0.335. The van der Waals surface area contributed by atoms with Crippen molar-refractivity contribution in [3.05, 3.63) is 0 Å². The van der Waals surface area contributed by atoms with Crippen molar-refractivity contribution in [2.75, 3.05) is 5.75 Å². The van der Waals surface area contributed by atoms with Gasteiger partial charge in [-0.25, -0.2) is 0 Å². The van der Waals surface area contributed by atoms with Gasteiger partial charge in [0.15, 0.2) is 0 Å². The molecule has 70 valence electrons. The molecule has 0 aliphatic heterocycles. The molecule has 0 bridgehead atoms. The van der Waals surface area contributed by atoms with E-state index in [1.807, 2.05) is 6.92 Å². The number of rotatable bonds is 5. The number of thioether (sulfide) groups is 1. The van der Waals surface area contributed by atoms with Crippen molar-refractivity contribution in [1.29, 1.82) is 0 Å². The van der Waals surface area contributed by atoms with Crippen molar-refractivity contribution in [2.45, 2.75) is 25.7 Å². The molecule has 1 atom stereocenters. The Morgan fingerprint density at radius 2 is 2.17 bits per heavy atom. The molecule has 0 spiro atoms. The van der Waals surface area contributed by atoms with Gasteiger partial charge in [-0.1, -0.05) is 6.92 Å². The molecule has 0 aromatic heterocycles. The predicted octanol–water partition coefficient (Wildman–Crippen LogP) is 1.10. The van der Waals surface area contributed by atoms with E-state index in [1.54, 1.807) is 0 Å². The molecule has 0 saturated heterocycles. The SMILES string of the molecule is CCC(OC(C)=O)SCC(=O)O. The van der Waals surface area contributed by atoms with Crippen LogP contribution in [0.2, 0.25) is 0 Å². The molecule has 1 unspecified atom stereocenters. The third-order valence-corrected chi connectivity index (χ3v) is 2.24. The molecule has 12 heavy (non-hydrogen) atoms. The van der Waals surface area contributed by atoms with Crippen LogP contribution in [0, 0.1) is 0 Å². The van der Waals surface area contributed by atoms with Gasteiger partial charge >= 0.3 is 11.9 Å². The minimum atomic E-state index is -0.898. The van der Waals surface area contributed by atoms with Gasteiger partial charge in [-0.05, 0) is 6.42 Å². The molecule has 0 aliphatic rings. The zero-order chi connectivity index (χ0) is 9.56. The Labute approximate surface area is 75.3 Å². The Balaban J connectivity index is 3.67. The largest absolute Gasteiger partial charge is 0.481 e. The Hall–Kier alpha value is -0.710. The minimum Gasteiger partial charge on any atom is -0.481 e. The lowest BCUT2D eigenvalue weighted by Gasteiger charge is -2.12. The molecule has 0 aromatic rings. The summed E-state index contributed by atoms with van der Waals surface area (Å²) in [5, 5.41) is 8.33. The first-order chi connectivity index (χ1) is 5.56. The van der Waals surface area contributed by atoms with Gasteiger partial charge in [-0.2, -0.15) is 0 Å². The number of ether oxygens (including phenoxy) is 1. The fraction of sp³-hybridized carbons (Fsp3) is 0.714.